The van der Waals surface area contributed by atoms with Crippen molar-refractivity contribution in [2.45, 2.75) is 25.4 Å². The van der Waals surface area contributed by atoms with Gasteiger partial charge >= 0.3 is 5.97 Å². The Hall–Kier alpha value is -1.89. The van der Waals surface area contributed by atoms with E-state index in [1.165, 1.54) is 23.4 Å². The molecule has 1 amide bonds. The number of aromatic nitrogens is 2. The second-order valence-electron chi connectivity index (χ2n) is 5.38. The first kappa shape index (κ1) is 13.1. The lowest BCUT2D eigenvalue weighted by molar-refractivity contribution is -0.134. The molecule has 1 atom stereocenters. The maximum absolute atomic E-state index is 12.2. The van der Waals surface area contributed by atoms with Crippen molar-refractivity contribution >= 4 is 11.9 Å². The molecule has 1 aromatic heterocycles. The lowest BCUT2D eigenvalue weighted by Crippen LogP contribution is -2.52. The number of hydrogen-bond acceptors (Lipinski definition) is 4. The quantitative estimate of drug-likeness (QED) is 0.834. The van der Waals surface area contributed by atoms with E-state index in [-0.39, 0.29) is 18.1 Å². The van der Waals surface area contributed by atoms with Crippen LogP contribution in [0.25, 0.3) is 0 Å². The molecule has 0 aliphatic carbocycles. The number of fused-ring (bicyclic) bond motifs is 1. The summed E-state index contributed by atoms with van der Waals surface area (Å²) in [6.45, 7) is 3.73. The summed E-state index contributed by atoms with van der Waals surface area (Å²) in [6, 6.07) is 1.91. The van der Waals surface area contributed by atoms with Gasteiger partial charge in [0.2, 0.25) is 5.91 Å². The van der Waals surface area contributed by atoms with Crippen LogP contribution in [0.3, 0.4) is 0 Å². The van der Waals surface area contributed by atoms with Gasteiger partial charge in [-0.15, -0.1) is 0 Å². The molecule has 108 valence electrons. The molecule has 2 saturated heterocycles. The van der Waals surface area contributed by atoms with Gasteiger partial charge in [-0.2, -0.15) is 5.10 Å². The van der Waals surface area contributed by atoms with E-state index in [1.54, 1.807) is 0 Å². The zero-order chi connectivity index (χ0) is 14.1. The Labute approximate surface area is 116 Å². The SMILES string of the molecule is O=C(O)c1ccn(CC(=O)N2CCN3CCCC3C2)n1. The third-order valence-corrected chi connectivity index (χ3v) is 4.10. The van der Waals surface area contributed by atoms with Crippen LogP contribution in [-0.2, 0) is 11.3 Å². The van der Waals surface area contributed by atoms with Gasteiger partial charge in [0, 0.05) is 31.9 Å². The van der Waals surface area contributed by atoms with E-state index in [0.29, 0.717) is 6.04 Å². The van der Waals surface area contributed by atoms with Crippen LogP contribution in [0.2, 0.25) is 0 Å². The van der Waals surface area contributed by atoms with Crippen molar-refractivity contribution < 1.29 is 14.7 Å². The van der Waals surface area contributed by atoms with E-state index in [9.17, 15) is 9.59 Å². The predicted octanol–water partition coefficient (Wildman–Crippen LogP) is -0.112. The lowest BCUT2D eigenvalue weighted by atomic mass is 10.1. The van der Waals surface area contributed by atoms with Crippen LogP contribution < -0.4 is 0 Å². The normalized spacial score (nSPS) is 22.8. The highest BCUT2D eigenvalue weighted by Gasteiger charge is 2.32. The average molecular weight is 278 g/mol. The van der Waals surface area contributed by atoms with E-state index in [1.807, 2.05) is 4.90 Å². The number of amides is 1. The fourth-order valence-corrected chi connectivity index (χ4v) is 3.02. The summed E-state index contributed by atoms with van der Waals surface area (Å²) in [5, 5.41) is 12.7. The van der Waals surface area contributed by atoms with Gasteiger partial charge in [-0.05, 0) is 25.5 Å². The van der Waals surface area contributed by atoms with Gasteiger partial charge in [0.05, 0.1) is 0 Å². The van der Waals surface area contributed by atoms with Crippen LogP contribution in [0.5, 0.6) is 0 Å². The first-order chi connectivity index (χ1) is 9.63. The van der Waals surface area contributed by atoms with Crippen molar-refractivity contribution in [2.24, 2.45) is 0 Å². The molecule has 0 spiro atoms. The Morgan fingerprint density at radius 1 is 1.35 bits per heavy atom. The standard InChI is InChI=1S/C13H18N4O3/c18-12(9-17-5-3-11(14-17)13(19)20)16-7-6-15-4-1-2-10(15)8-16/h3,5,10H,1-2,4,6-9H2,(H,19,20). The summed E-state index contributed by atoms with van der Waals surface area (Å²) in [5.41, 5.74) is -0.0292. The minimum atomic E-state index is -1.07. The smallest absolute Gasteiger partial charge is 0.356 e. The van der Waals surface area contributed by atoms with Gasteiger partial charge in [-0.1, -0.05) is 0 Å². The summed E-state index contributed by atoms with van der Waals surface area (Å²) < 4.78 is 1.40. The molecule has 20 heavy (non-hydrogen) atoms. The Bertz CT molecular complexity index is 527. The Morgan fingerprint density at radius 3 is 2.95 bits per heavy atom. The third-order valence-electron chi connectivity index (χ3n) is 4.10. The molecule has 2 aliphatic rings. The largest absolute Gasteiger partial charge is 0.476 e. The summed E-state index contributed by atoms with van der Waals surface area (Å²) in [7, 11) is 0. The van der Waals surface area contributed by atoms with Crippen molar-refractivity contribution in [1.82, 2.24) is 19.6 Å². The highest BCUT2D eigenvalue weighted by Crippen LogP contribution is 2.21. The number of carboxylic acids is 1. The number of carbonyl (C=O) groups excluding carboxylic acids is 1. The molecule has 0 bridgehead atoms. The molecule has 0 radical (unpaired) electrons. The van der Waals surface area contributed by atoms with E-state index >= 15 is 0 Å². The van der Waals surface area contributed by atoms with E-state index in [0.717, 1.165) is 32.6 Å². The van der Waals surface area contributed by atoms with Gasteiger partial charge in [0.15, 0.2) is 5.69 Å². The molecule has 3 rings (SSSR count). The van der Waals surface area contributed by atoms with Gasteiger partial charge < -0.3 is 10.0 Å². The van der Waals surface area contributed by atoms with E-state index in [4.69, 9.17) is 5.11 Å². The minimum absolute atomic E-state index is 0.0107. The second kappa shape index (κ2) is 5.24. The molecular formula is C13H18N4O3. The molecule has 2 aliphatic heterocycles. The Balaban J connectivity index is 1.59. The minimum Gasteiger partial charge on any atom is -0.476 e. The molecule has 1 aromatic rings. The van der Waals surface area contributed by atoms with Crippen molar-refractivity contribution in [1.29, 1.82) is 0 Å². The lowest BCUT2D eigenvalue weighted by Gasteiger charge is -2.37. The molecule has 7 nitrogen and oxygen atoms in total. The monoisotopic (exact) mass is 278 g/mol. The number of aromatic carboxylic acids is 1. The summed E-state index contributed by atoms with van der Waals surface area (Å²) in [6.07, 6.45) is 3.91. The van der Waals surface area contributed by atoms with Crippen LogP contribution in [0, 0.1) is 0 Å². The predicted molar refractivity (Wildman–Crippen MR) is 70.4 cm³/mol. The van der Waals surface area contributed by atoms with Crippen molar-refractivity contribution in [3.05, 3.63) is 18.0 Å². The third kappa shape index (κ3) is 2.53. The van der Waals surface area contributed by atoms with Crippen molar-refractivity contribution in [3.63, 3.8) is 0 Å². The highest BCUT2D eigenvalue weighted by atomic mass is 16.4. The second-order valence-corrected chi connectivity index (χ2v) is 5.38. The number of piperazine rings is 1. The maximum Gasteiger partial charge on any atom is 0.356 e. The van der Waals surface area contributed by atoms with Crippen molar-refractivity contribution in [3.8, 4) is 0 Å². The van der Waals surface area contributed by atoms with Gasteiger partial charge in [0.1, 0.15) is 6.54 Å². The average Bonchev–Trinajstić information content (AvgIpc) is 3.05. The molecule has 7 heteroatoms. The van der Waals surface area contributed by atoms with Gasteiger partial charge in [0.25, 0.3) is 0 Å². The Kier molecular flexibility index (Phi) is 3.43. The maximum atomic E-state index is 12.2. The van der Waals surface area contributed by atoms with Crippen LogP contribution in [0.4, 0.5) is 0 Å². The summed E-state index contributed by atoms with van der Waals surface area (Å²) in [4.78, 5) is 27.3. The van der Waals surface area contributed by atoms with E-state index in [2.05, 4.69) is 10.00 Å². The number of nitrogens with zero attached hydrogens (tertiary/aromatic N) is 4. The first-order valence-electron chi connectivity index (χ1n) is 6.92. The Morgan fingerprint density at radius 2 is 2.20 bits per heavy atom. The van der Waals surface area contributed by atoms with Gasteiger partial charge in [-0.3, -0.25) is 14.4 Å². The topological polar surface area (TPSA) is 78.7 Å². The number of carbonyl (C=O) groups is 2. The number of rotatable bonds is 3. The van der Waals surface area contributed by atoms with Gasteiger partial charge in [-0.25, -0.2) is 4.79 Å². The van der Waals surface area contributed by atoms with Crippen LogP contribution in [0.15, 0.2) is 12.3 Å². The molecule has 2 fully saturated rings. The van der Waals surface area contributed by atoms with Crippen LogP contribution in [0.1, 0.15) is 23.3 Å². The van der Waals surface area contributed by atoms with Crippen LogP contribution in [-0.4, -0.2) is 68.8 Å². The summed E-state index contributed by atoms with van der Waals surface area (Å²) >= 11 is 0. The van der Waals surface area contributed by atoms with Crippen LogP contribution >= 0.6 is 0 Å². The van der Waals surface area contributed by atoms with Crippen molar-refractivity contribution in [2.75, 3.05) is 26.2 Å². The molecular weight excluding hydrogens is 260 g/mol. The fraction of sp³-hybridized carbons (Fsp3) is 0.615. The molecule has 3 heterocycles. The van der Waals surface area contributed by atoms with E-state index < -0.39 is 5.97 Å². The zero-order valence-corrected chi connectivity index (χ0v) is 11.2. The zero-order valence-electron chi connectivity index (χ0n) is 11.2. The number of carboxylic acid groups (broad SMARTS) is 1. The summed E-state index contributed by atoms with van der Waals surface area (Å²) in [5.74, 6) is -1.06. The fourth-order valence-electron chi connectivity index (χ4n) is 3.02. The first-order valence-corrected chi connectivity index (χ1v) is 6.92. The molecule has 0 saturated carbocycles. The highest BCUT2D eigenvalue weighted by molar-refractivity contribution is 5.85. The molecule has 1 N–H and O–H groups in total. The number of hydrogen-bond donors (Lipinski definition) is 1. The molecule has 1 unspecified atom stereocenters. The molecule has 0 aromatic carbocycles.